The molecule has 1 aromatic carbocycles. The minimum absolute atomic E-state index is 0.00870. The van der Waals surface area contributed by atoms with Gasteiger partial charge in [0.05, 0.1) is 6.10 Å². The summed E-state index contributed by atoms with van der Waals surface area (Å²) in [5.74, 6) is -4.13. The van der Waals surface area contributed by atoms with Crippen molar-refractivity contribution < 1.29 is 18.3 Å². The summed E-state index contributed by atoms with van der Waals surface area (Å²) in [7, 11) is 0. The van der Waals surface area contributed by atoms with E-state index < -0.39 is 23.6 Å². The van der Waals surface area contributed by atoms with Crippen LogP contribution >= 0.6 is 0 Å². The third-order valence-corrected chi connectivity index (χ3v) is 1.93. The van der Waals surface area contributed by atoms with E-state index in [9.17, 15) is 18.3 Å². The third-order valence-electron chi connectivity index (χ3n) is 1.93. The predicted octanol–water partition coefficient (Wildman–Crippen LogP) is 3.10. The molecular weight excluding hydrogens is 205 g/mol. The van der Waals surface area contributed by atoms with Gasteiger partial charge in [0.1, 0.15) is 0 Å². The molecule has 0 radical (unpaired) electrons. The van der Waals surface area contributed by atoms with E-state index in [4.69, 9.17) is 0 Å². The SMILES string of the molecule is C=C(C)CC(O)c1cc(F)c(F)c(F)c1. The van der Waals surface area contributed by atoms with Crippen molar-refractivity contribution in [2.45, 2.75) is 19.4 Å². The Kier molecular flexibility index (Phi) is 3.52. The van der Waals surface area contributed by atoms with Crippen LogP contribution in [0, 0.1) is 17.5 Å². The lowest BCUT2D eigenvalue weighted by Crippen LogP contribution is -2.01. The molecular formula is C11H11F3O. The van der Waals surface area contributed by atoms with Gasteiger partial charge in [-0.15, -0.1) is 6.58 Å². The molecule has 0 spiro atoms. The quantitative estimate of drug-likeness (QED) is 0.608. The highest BCUT2D eigenvalue weighted by atomic mass is 19.2. The second kappa shape index (κ2) is 4.49. The van der Waals surface area contributed by atoms with E-state index in [0.29, 0.717) is 5.57 Å². The lowest BCUT2D eigenvalue weighted by molar-refractivity contribution is 0.177. The van der Waals surface area contributed by atoms with E-state index in [1.54, 1.807) is 6.92 Å². The van der Waals surface area contributed by atoms with Gasteiger partial charge in [-0.3, -0.25) is 0 Å². The molecule has 0 fully saturated rings. The Hall–Kier alpha value is -1.29. The summed E-state index contributed by atoms with van der Waals surface area (Å²) in [5.41, 5.74) is 0.682. The van der Waals surface area contributed by atoms with Crippen LogP contribution in [-0.4, -0.2) is 5.11 Å². The van der Waals surface area contributed by atoms with E-state index in [0.717, 1.165) is 12.1 Å². The van der Waals surface area contributed by atoms with E-state index in [1.165, 1.54) is 0 Å². The molecule has 0 aliphatic carbocycles. The highest BCUT2D eigenvalue weighted by Crippen LogP contribution is 2.23. The standard InChI is InChI=1S/C11H11F3O/c1-6(2)3-10(15)7-4-8(12)11(14)9(13)5-7/h4-5,10,15H,1,3H2,2H3. The zero-order valence-electron chi connectivity index (χ0n) is 8.23. The Morgan fingerprint density at radius 1 is 1.33 bits per heavy atom. The monoisotopic (exact) mass is 216 g/mol. The maximum absolute atomic E-state index is 12.8. The molecule has 0 saturated carbocycles. The van der Waals surface area contributed by atoms with Gasteiger partial charge in [-0.1, -0.05) is 5.57 Å². The number of halogens is 3. The molecule has 0 bridgehead atoms. The zero-order valence-corrected chi connectivity index (χ0v) is 8.23. The van der Waals surface area contributed by atoms with Gasteiger partial charge in [0, 0.05) is 0 Å². The summed E-state index contributed by atoms with van der Waals surface area (Å²) in [5, 5.41) is 9.51. The van der Waals surface area contributed by atoms with Gasteiger partial charge in [0.15, 0.2) is 17.5 Å². The van der Waals surface area contributed by atoms with Crippen molar-refractivity contribution >= 4 is 0 Å². The lowest BCUT2D eigenvalue weighted by atomic mass is 10.0. The summed E-state index contributed by atoms with van der Waals surface area (Å²) in [6.45, 7) is 5.24. The van der Waals surface area contributed by atoms with Gasteiger partial charge in [-0.2, -0.15) is 0 Å². The molecule has 1 rings (SSSR count). The number of aliphatic hydroxyl groups is 1. The van der Waals surface area contributed by atoms with Crippen molar-refractivity contribution in [2.24, 2.45) is 0 Å². The molecule has 15 heavy (non-hydrogen) atoms. The first-order chi connectivity index (χ1) is 6.91. The Labute approximate surface area is 85.9 Å². The van der Waals surface area contributed by atoms with Crippen LogP contribution in [0.1, 0.15) is 25.0 Å². The van der Waals surface area contributed by atoms with Crippen molar-refractivity contribution in [1.82, 2.24) is 0 Å². The van der Waals surface area contributed by atoms with E-state index in [-0.39, 0.29) is 12.0 Å². The average molecular weight is 216 g/mol. The second-order valence-electron chi connectivity index (χ2n) is 3.48. The van der Waals surface area contributed by atoms with Crippen LogP contribution in [0.5, 0.6) is 0 Å². The van der Waals surface area contributed by atoms with Crippen LogP contribution in [0.25, 0.3) is 0 Å². The predicted molar refractivity (Wildman–Crippen MR) is 50.7 cm³/mol. The summed E-state index contributed by atoms with van der Waals surface area (Å²) >= 11 is 0. The van der Waals surface area contributed by atoms with Crippen molar-refractivity contribution in [1.29, 1.82) is 0 Å². The highest BCUT2D eigenvalue weighted by Gasteiger charge is 2.15. The molecule has 0 aromatic heterocycles. The first-order valence-electron chi connectivity index (χ1n) is 4.38. The fourth-order valence-corrected chi connectivity index (χ4v) is 1.22. The molecule has 0 heterocycles. The first-order valence-corrected chi connectivity index (χ1v) is 4.38. The highest BCUT2D eigenvalue weighted by molar-refractivity contribution is 5.22. The van der Waals surface area contributed by atoms with Gasteiger partial charge in [0.25, 0.3) is 0 Å². The number of hydrogen-bond donors (Lipinski definition) is 1. The molecule has 1 aromatic rings. The molecule has 1 unspecified atom stereocenters. The van der Waals surface area contributed by atoms with Crippen molar-refractivity contribution in [2.75, 3.05) is 0 Å². The normalized spacial score (nSPS) is 12.6. The molecule has 1 N–H and O–H groups in total. The molecule has 0 amide bonds. The van der Waals surface area contributed by atoms with Crippen molar-refractivity contribution in [3.8, 4) is 0 Å². The second-order valence-corrected chi connectivity index (χ2v) is 3.48. The van der Waals surface area contributed by atoms with Gasteiger partial charge in [-0.25, -0.2) is 13.2 Å². The van der Waals surface area contributed by atoms with Crippen LogP contribution in [0.2, 0.25) is 0 Å². The van der Waals surface area contributed by atoms with E-state index >= 15 is 0 Å². The number of aliphatic hydroxyl groups excluding tert-OH is 1. The van der Waals surface area contributed by atoms with Gasteiger partial charge in [-0.05, 0) is 31.0 Å². The Morgan fingerprint density at radius 3 is 2.20 bits per heavy atom. The minimum atomic E-state index is -1.53. The fourth-order valence-electron chi connectivity index (χ4n) is 1.22. The van der Waals surface area contributed by atoms with Gasteiger partial charge < -0.3 is 5.11 Å². The average Bonchev–Trinajstić information content (AvgIpc) is 2.12. The molecule has 1 atom stereocenters. The summed E-state index contributed by atoms with van der Waals surface area (Å²) in [4.78, 5) is 0. The number of benzene rings is 1. The van der Waals surface area contributed by atoms with E-state index in [1.807, 2.05) is 0 Å². The van der Waals surface area contributed by atoms with Crippen LogP contribution in [0.15, 0.2) is 24.3 Å². The minimum Gasteiger partial charge on any atom is -0.388 e. The lowest BCUT2D eigenvalue weighted by Gasteiger charge is -2.11. The molecule has 82 valence electrons. The van der Waals surface area contributed by atoms with Gasteiger partial charge >= 0.3 is 0 Å². The Bertz CT molecular complexity index is 364. The summed E-state index contributed by atoms with van der Waals surface area (Å²) in [6, 6.07) is 1.57. The summed E-state index contributed by atoms with van der Waals surface area (Å²) < 4.78 is 38.2. The van der Waals surface area contributed by atoms with Crippen molar-refractivity contribution in [3.05, 3.63) is 47.3 Å². The molecule has 0 saturated heterocycles. The third kappa shape index (κ3) is 2.83. The maximum atomic E-state index is 12.8. The van der Waals surface area contributed by atoms with Crippen LogP contribution in [0.4, 0.5) is 13.2 Å². The Morgan fingerprint density at radius 2 is 1.80 bits per heavy atom. The fraction of sp³-hybridized carbons (Fsp3) is 0.273. The maximum Gasteiger partial charge on any atom is 0.194 e. The molecule has 1 nitrogen and oxygen atoms in total. The van der Waals surface area contributed by atoms with E-state index in [2.05, 4.69) is 6.58 Å². The first kappa shape index (κ1) is 11.8. The van der Waals surface area contributed by atoms with Crippen LogP contribution < -0.4 is 0 Å². The topological polar surface area (TPSA) is 20.2 Å². The smallest absolute Gasteiger partial charge is 0.194 e. The largest absolute Gasteiger partial charge is 0.388 e. The van der Waals surface area contributed by atoms with Crippen LogP contribution in [0.3, 0.4) is 0 Å². The zero-order chi connectivity index (χ0) is 11.6. The molecule has 0 aliphatic heterocycles. The Balaban J connectivity index is 3.00. The molecule has 4 heteroatoms. The number of hydrogen-bond acceptors (Lipinski definition) is 1. The van der Waals surface area contributed by atoms with Crippen molar-refractivity contribution in [3.63, 3.8) is 0 Å². The molecule has 0 aliphatic rings. The van der Waals surface area contributed by atoms with Gasteiger partial charge in [0.2, 0.25) is 0 Å². The van der Waals surface area contributed by atoms with Crippen LogP contribution in [-0.2, 0) is 0 Å². The summed E-state index contributed by atoms with van der Waals surface area (Å²) in [6.07, 6.45) is -0.878. The number of rotatable bonds is 3.